The summed E-state index contributed by atoms with van der Waals surface area (Å²) < 4.78 is 26.6. The average molecular weight is 577 g/mol. The monoisotopic (exact) mass is 575 g/mol. The molecule has 1 N–H and O–H groups in total. The maximum absolute atomic E-state index is 13.9. The first-order valence-electron chi connectivity index (χ1n) is 12.1. The smallest absolute Gasteiger partial charge is 0.244 e. The number of hydrogen-bond donors (Lipinski definition) is 1. The zero-order valence-corrected chi connectivity index (χ0v) is 23.9. The maximum atomic E-state index is 13.9. The molecule has 0 fully saturated rings. The summed E-state index contributed by atoms with van der Waals surface area (Å²) in [5, 5.41) is 3.49. The Morgan fingerprint density at radius 1 is 0.921 bits per heavy atom. The number of hydrogen-bond acceptors (Lipinski definition) is 4. The number of rotatable bonds is 11. The van der Waals surface area contributed by atoms with Crippen LogP contribution in [0.15, 0.2) is 72.8 Å². The fourth-order valence-electron chi connectivity index (χ4n) is 4.01. The third-order valence-electron chi connectivity index (χ3n) is 5.96. The molecule has 3 aromatic rings. The molecule has 0 saturated carbocycles. The Morgan fingerprint density at radius 2 is 1.58 bits per heavy atom. The second-order valence-electron chi connectivity index (χ2n) is 8.98. The normalized spacial score (nSPS) is 12.0. The number of sulfonamides is 1. The van der Waals surface area contributed by atoms with Crippen molar-refractivity contribution in [1.82, 2.24) is 10.2 Å². The Hall–Kier alpha value is -3.07. The first-order chi connectivity index (χ1) is 18.0. The van der Waals surface area contributed by atoms with Crippen molar-refractivity contribution < 1.29 is 18.0 Å². The minimum Gasteiger partial charge on any atom is -0.355 e. The van der Waals surface area contributed by atoms with E-state index >= 15 is 0 Å². The second kappa shape index (κ2) is 13.1. The van der Waals surface area contributed by atoms with Crippen molar-refractivity contribution in [3.63, 3.8) is 0 Å². The molecule has 38 heavy (non-hydrogen) atoms. The lowest BCUT2D eigenvalue weighted by atomic mass is 10.0. The van der Waals surface area contributed by atoms with Gasteiger partial charge in [-0.05, 0) is 49.2 Å². The average Bonchev–Trinajstić information content (AvgIpc) is 2.87. The van der Waals surface area contributed by atoms with Crippen molar-refractivity contribution in [3.8, 4) is 0 Å². The van der Waals surface area contributed by atoms with Crippen LogP contribution in [0.3, 0.4) is 0 Å². The van der Waals surface area contributed by atoms with Crippen LogP contribution in [0.4, 0.5) is 5.69 Å². The Bertz CT molecular complexity index is 1370. The van der Waals surface area contributed by atoms with Gasteiger partial charge >= 0.3 is 0 Å². The summed E-state index contributed by atoms with van der Waals surface area (Å²) in [5.74, 6) is -0.875. The molecule has 0 unspecified atom stereocenters. The largest absolute Gasteiger partial charge is 0.355 e. The van der Waals surface area contributed by atoms with Gasteiger partial charge in [-0.15, -0.1) is 0 Å². The highest BCUT2D eigenvalue weighted by Gasteiger charge is 2.32. The van der Waals surface area contributed by atoms with E-state index in [9.17, 15) is 18.0 Å². The van der Waals surface area contributed by atoms with Crippen LogP contribution in [0.2, 0.25) is 10.0 Å². The number of halogens is 2. The number of benzene rings is 3. The minimum absolute atomic E-state index is 0.0237. The van der Waals surface area contributed by atoms with Crippen molar-refractivity contribution in [2.75, 3.05) is 23.7 Å². The van der Waals surface area contributed by atoms with Crippen molar-refractivity contribution in [1.29, 1.82) is 0 Å². The van der Waals surface area contributed by atoms with Gasteiger partial charge < -0.3 is 10.2 Å². The molecule has 202 valence electrons. The first-order valence-corrected chi connectivity index (χ1v) is 14.7. The van der Waals surface area contributed by atoms with Gasteiger partial charge in [0.15, 0.2) is 0 Å². The van der Waals surface area contributed by atoms with E-state index in [1.54, 1.807) is 49.4 Å². The fourth-order valence-corrected chi connectivity index (χ4v) is 5.18. The van der Waals surface area contributed by atoms with Crippen LogP contribution < -0.4 is 9.62 Å². The third-order valence-corrected chi connectivity index (χ3v) is 7.84. The van der Waals surface area contributed by atoms with E-state index in [2.05, 4.69) is 5.32 Å². The molecule has 0 aliphatic heterocycles. The first kappa shape index (κ1) is 29.5. The number of likely N-dealkylation sites (N-methyl/N-ethyl adjacent to an activating group) is 1. The highest BCUT2D eigenvalue weighted by molar-refractivity contribution is 7.92. The molecule has 2 amide bonds. The molecule has 0 bridgehead atoms. The number of nitrogens with one attached hydrogen (secondary N) is 1. The van der Waals surface area contributed by atoms with Crippen LogP contribution in [0, 0.1) is 6.92 Å². The van der Waals surface area contributed by atoms with Gasteiger partial charge in [0.25, 0.3) is 0 Å². The quantitative estimate of drug-likeness (QED) is 0.354. The van der Waals surface area contributed by atoms with Crippen LogP contribution in [0.25, 0.3) is 0 Å². The number of carbonyl (C=O) groups excluding carboxylic acids is 2. The highest BCUT2D eigenvalue weighted by Crippen LogP contribution is 2.25. The van der Waals surface area contributed by atoms with Gasteiger partial charge in [-0.25, -0.2) is 8.42 Å². The van der Waals surface area contributed by atoms with Crippen LogP contribution in [0.5, 0.6) is 0 Å². The van der Waals surface area contributed by atoms with E-state index in [0.717, 1.165) is 21.7 Å². The molecule has 3 rings (SSSR count). The number of amides is 2. The van der Waals surface area contributed by atoms with Gasteiger partial charge in [0.2, 0.25) is 21.8 Å². The molecule has 0 radical (unpaired) electrons. The zero-order chi connectivity index (χ0) is 27.9. The van der Waals surface area contributed by atoms with Crippen molar-refractivity contribution in [3.05, 3.63) is 99.5 Å². The van der Waals surface area contributed by atoms with Crippen molar-refractivity contribution >= 4 is 50.7 Å². The van der Waals surface area contributed by atoms with Crippen molar-refractivity contribution in [2.24, 2.45) is 0 Å². The molecule has 0 aliphatic carbocycles. The van der Waals surface area contributed by atoms with E-state index in [1.807, 2.05) is 37.3 Å². The number of carbonyl (C=O) groups is 2. The van der Waals surface area contributed by atoms with E-state index in [4.69, 9.17) is 23.2 Å². The van der Waals surface area contributed by atoms with Gasteiger partial charge in [-0.3, -0.25) is 13.9 Å². The third kappa shape index (κ3) is 7.96. The summed E-state index contributed by atoms with van der Waals surface area (Å²) in [4.78, 5) is 28.6. The predicted octanol–water partition coefficient (Wildman–Crippen LogP) is 4.84. The molecule has 0 heterocycles. The SMILES string of the molecule is CCNC(=O)[C@H](Cc1ccccc1)N(Cc1ccc(Cl)c(Cl)c1)C(=O)CN(c1ccc(C)cc1)S(C)(=O)=O. The van der Waals surface area contributed by atoms with E-state index < -0.39 is 28.5 Å². The molecular weight excluding hydrogens is 545 g/mol. The van der Waals surface area contributed by atoms with Gasteiger partial charge in [-0.1, -0.05) is 77.3 Å². The summed E-state index contributed by atoms with van der Waals surface area (Å²) >= 11 is 12.3. The van der Waals surface area contributed by atoms with Gasteiger partial charge in [0.1, 0.15) is 12.6 Å². The molecule has 0 spiro atoms. The maximum Gasteiger partial charge on any atom is 0.244 e. The second-order valence-corrected chi connectivity index (χ2v) is 11.7. The summed E-state index contributed by atoms with van der Waals surface area (Å²) in [6.07, 6.45) is 1.29. The molecule has 0 aromatic heterocycles. The standard InChI is InChI=1S/C28H31Cl2N3O4S/c1-4-31-28(35)26(17-21-8-6-5-7-9-21)32(18-22-12-15-24(29)25(30)16-22)27(34)19-33(38(3,36)37)23-13-10-20(2)11-14-23/h5-16,26H,4,17-19H2,1-3H3,(H,31,35)/t26-/m0/s1. The Balaban J connectivity index is 2.05. The molecular formula is C28H31Cl2N3O4S. The highest BCUT2D eigenvalue weighted by atomic mass is 35.5. The number of aryl methyl sites for hydroxylation is 1. The summed E-state index contributed by atoms with van der Waals surface area (Å²) in [6.45, 7) is 3.60. The molecule has 0 saturated heterocycles. The predicted molar refractivity (Wildman–Crippen MR) is 153 cm³/mol. The summed E-state index contributed by atoms with van der Waals surface area (Å²) in [5.41, 5.74) is 2.82. The van der Waals surface area contributed by atoms with Gasteiger partial charge in [0.05, 0.1) is 22.0 Å². The van der Waals surface area contributed by atoms with Gasteiger partial charge in [-0.2, -0.15) is 0 Å². The lowest BCUT2D eigenvalue weighted by molar-refractivity contribution is -0.140. The Kier molecular flexibility index (Phi) is 10.2. The molecule has 0 aliphatic rings. The van der Waals surface area contributed by atoms with Crippen LogP contribution >= 0.6 is 23.2 Å². The summed E-state index contributed by atoms with van der Waals surface area (Å²) in [7, 11) is -3.81. The zero-order valence-electron chi connectivity index (χ0n) is 21.5. The van der Waals surface area contributed by atoms with Crippen LogP contribution in [-0.2, 0) is 32.6 Å². The fraction of sp³-hybridized carbons (Fsp3) is 0.286. The van der Waals surface area contributed by atoms with Crippen LogP contribution in [-0.4, -0.2) is 50.5 Å². The van der Waals surface area contributed by atoms with E-state index in [0.29, 0.717) is 27.8 Å². The molecule has 1 atom stereocenters. The number of anilines is 1. The lowest BCUT2D eigenvalue weighted by Gasteiger charge is -2.33. The van der Waals surface area contributed by atoms with Crippen molar-refractivity contribution in [2.45, 2.75) is 32.9 Å². The molecule has 3 aromatic carbocycles. The number of nitrogens with zero attached hydrogens (tertiary/aromatic N) is 2. The van der Waals surface area contributed by atoms with Crippen LogP contribution in [0.1, 0.15) is 23.6 Å². The molecule has 7 nitrogen and oxygen atoms in total. The van der Waals surface area contributed by atoms with E-state index in [-0.39, 0.29) is 18.9 Å². The summed E-state index contributed by atoms with van der Waals surface area (Å²) in [6, 6.07) is 20.3. The topological polar surface area (TPSA) is 86.8 Å². The van der Waals surface area contributed by atoms with Gasteiger partial charge in [0, 0.05) is 19.5 Å². The van der Waals surface area contributed by atoms with E-state index in [1.165, 1.54) is 4.90 Å². The minimum atomic E-state index is -3.81. The Labute approximate surface area is 234 Å². The Morgan fingerprint density at radius 3 is 2.16 bits per heavy atom. The lowest BCUT2D eigenvalue weighted by Crippen LogP contribution is -2.53. The molecule has 10 heteroatoms.